The normalized spacial score (nSPS) is 12.6. The van der Waals surface area contributed by atoms with Gasteiger partial charge in [-0.2, -0.15) is 0 Å². The summed E-state index contributed by atoms with van der Waals surface area (Å²) in [7, 11) is 0. The molecule has 80 valence electrons. The molecule has 0 fully saturated rings. The maximum Gasteiger partial charge on any atom is 0.160 e. The summed E-state index contributed by atoms with van der Waals surface area (Å²) in [5, 5.41) is 11.6. The first-order valence-electron chi connectivity index (χ1n) is 4.90. The van der Waals surface area contributed by atoms with Crippen LogP contribution in [0.25, 0.3) is 5.76 Å². The van der Waals surface area contributed by atoms with Gasteiger partial charge in [0.05, 0.1) is 0 Å². The molecule has 0 saturated carbocycles. The van der Waals surface area contributed by atoms with Crippen LogP contribution in [0.5, 0.6) is 0 Å². The molecule has 0 N–H and O–H groups in total. The monoisotopic (exact) mass is 203 g/mol. The number of hydrogen-bond donors (Lipinski definition) is 0. The SMILES string of the molecule is CC(C)(C)C(=O)C=C([O-])c1ccccc1. The fourth-order valence-electron chi connectivity index (χ4n) is 1.02. The van der Waals surface area contributed by atoms with E-state index in [0.717, 1.165) is 0 Å². The molecule has 0 saturated heterocycles. The Balaban J connectivity index is 2.91. The summed E-state index contributed by atoms with van der Waals surface area (Å²) >= 11 is 0. The zero-order chi connectivity index (χ0) is 11.5. The van der Waals surface area contributed by atoms with E-state index >= 15 is 0 Å². The minimum absolute atomic E-state index is 0.142. The van der Waals surface area contributed by atoms with Gasteiger partial charge in [0.15, 0.2) is 5.78 Å². The number of ketones is 1. The van der Waals surface area contributed by atoms with Crippen LogP contribution in [0.2, 0.25) is 0 Å². The van der Waals surface area contributed by atoms with Gasteiger partial charge in [0.25, 0.3) is 0 Å². The molecule has 0 spiro atoms. The molecule has 0 aliphatic rings. The molecule has 0 amide bonds. The molecular formula is C13H15O2-. The van der Waals surface area contributed by atoms with E-state index in [9.17, 15) is 9.90 Å². The van der Waals surface area contributed by atoms with E-state index in [0.29, 0.717) is 5.56 Å². The number of allylic oxidation sites excluding steroid dienone is 1. The molecule has 2 nitrogen and oxygen atoms in total. The first-order valence-corrected chi connectivity index (χ1v) is 4.90. The number of carbonyl (C=O) groups excluding carboxylic acids is 1. The topological polar surface area (TPSA) is 40.1 Å². The summed E-state index contributed by atoms with van der Waals surface area (Å²) in [4.78, 5) is 11.6. The van der Waals surface area contributed by atoms with Gasteiger partial charge in [0.1, 0.15) is 0 Å². The Morgan fingerprint density at radius 1 is 1.20 bits per heavy atom. The van der Waals surface area contributed by atoms with E-state index in [4.69, 9.17) is 0 Å². The molecule has 1 aromatic rings. The number of rotatable bonds is 2. The van der Waals surface area contributed by atoms with Crippen LogP contribution >= 0.6 is 0 Å². The summed E-state index contributed by atoms with van der Waals surface area (Å²) in [6.07, 6.45) is 1.18. The molecule has 0 aliphatic heterocycles. The van der Waals surface area contributed by atoms with Gasteiger partial charge in [-0.25, -0.2) is 0 Å². The van der Waals surface area contributed by atoms with Gasteiger partial charge in [0, 0.05) is 5.41 Å². The zero-order valence-electron chi connectivity index (χ0n) is 9.28. The van der Waals surface area contributed by atoms with Crippen LogP contribution < -0.4 is 5.11 Å². The number of hydrogen-bond acceptors (Lipinski definition) is 2. The highest BCUT2D eigenvalue weighted by Gasteiger charge is 2.18. The molecule has 2 heteroatoms. The summed E-state index contributed by atoms with van der Waals surface area (Å²) < 4.78 is 0. The quantitative estimate of drug-likeness (QED) is 0.545. The van der Waals surface area contributed by atoms with Crippen LogP contribution in [0.3, 0.4) is 0 Å². The highest BCUT2D eigenvalue weighted by molar-refractivity contribution is 5.98. The van der Waals surface area contributed by atoms with Crippen molar-refractivity contribution in [1.29, 1.82) is 0 Å². The van der Waals surface area contributed by atoms with Gasteiger partial charge >= 0.3 is 0 Å². The lowest BCUT2D eigenvalue weighted by Gasteiger charge is -2.17. The lowest BCUT2D eigenvalue weighted by molar-refractivity contribution is -0.243. The van der Waals surface area contributed by atoms with Crippen molar-refractivity contribution >= 4 is 11.5 Å². The van der Waals surface area contributed by atoms with Crippen LogP contribution in [0.15, 0.2) is 36.4 Å². The summed E-state index contributed by atoms with van der Waals surface area (Å²) in [6, 6.07) is 8.80. The maximum absolute atomic E-state index is 11.6. The van der Waals surface area contributed by atoms with E-state index in [1.54, 1.807) is 45.0 Å². The van der Waals surface area contributed by atoms with E-state index in [-0.39, 0.29) is 11.5 Å². The third-order valence-corrected chi connectivity index (χ3v) is 2.06. The minimum atomic E-state index is -0.496. The van der Waals surface area contributed by atoms with Crippen molar-refractivity contribution in [3.05, 3.63) is 42.0 Å². The smallest absolute Gasteiger partial charge is 0.160 e. The predicted molar refractivity (Wildman–Crippen MR) is 58.9 cm³/mol. The minimum Gasteiger partial charge on any atom is -0.872 e. The molecule has 0 atom stereocenters. The molecule has 0 radical (unpaired) electrons. The van der Waals surface area contributed by atoms with Crippen molar-refractivity contribution in [2.75, 3.05) is 0 Å². The molecule has 0 aliphatic carbocycles. The van der Waals surface area contributed by atoms with Crippen LogP contribution in [-0.2, 0) is 4.79 Å². The predicted octanol–water partition coefficient (Wildman–Crippen LogP) is 2.00. The van der Waals surface area contributed by atoms with Gasteiger partial charge in [0.2, 0.25) is 0 Å². The van der Waals surface area contributed by atoms with Crippen molar-refractivity contribution in [2.24, 2.45) is 5.41 Å². The van der Waals surface area contributed by atoms with Crippen LogP contribution in [0, 0.1) is 5.41 Å². The fraction of sp³-hybridized carbons (Fsp3) is 0.308. The van der Waals surface area contributed by atoms with Gasteiger partial charge in [-0.05, 0) is 11.6 Å². The lowest BCUT2D eigenvalue weighted by Crippen LogP contribution is -2.19. The second-order valence-electron chi connectivity index (χ2n) is 4.49. The van der Waals surface area contributed by atoms with Gasteiger partial charge in [-0.1, -0.05) is 56.9 Å². The fourth-order valence-corrected chi connectivity index (χ4v) is 1.02. The molecule has 15 heavy (non-hydrogen) atoms. The summed E-state index contributed by atoms with van der Waals surface area (Å²) in [5.41, 5.74) is 0.0554. The molecule has 1 rings (SSSR count). The highest BCUT2D eigenvalue weighted by atomic mass is 16.3. The Bertz CT molecular complexity index is 369. The average Bonchev–Trinajstić information content (AvgIpc) is 2.17. The van der Waals surface area contributed by atoms with Gasteiger partial charge in [-0.15, -0.1) is 0 Å². The Kier molecular flexibility index (Phi) is 3.30. The molecule has 1 aromatic carbocycles. The number of benzene rings is 1. The molecule has 0 bridgehead atoms. The van der Waals surface area contributed by atoms with Crippen LogP contribution in [0.1, 0.15) is 26.3 Å². The average molecular weight is 203 g/mol. The van der Waals surface area contributed by atoms with Crippen molar-refractivity contribution in [3.63, 3.8) is 0 Å². The van der Waals surface area contributed by atoms with Crippen LogP contribution in [0.4, 0.5) is 0 Å². The molecule has 0 heterocycles. The molecule has 0 aromatic heterocycles. The first kappa shape index (κ1) is 11.5. The third kappa shape index (κ3) is 3.24. The first-order chi connectivity index (χ1) is 6.91. The van der Waals surface area contributed by atoms with E-state index in [1.165, 1.54) is 6.08 Å². The van der Waals surface area contributed by atoms with E-state index in [2.05, 4.69) is 0 Å². The Labute approximate surface area is 90.3 Å². The third-order valence-electron chi connectivity index (χ3n) is 2.06. The zero-order valence-corrected chi connectivity index (χ0v) is 9.28. The lowest BCUT2D eigenvalue weighted by atomic mass is 9.90. The molecular weight excluding hydrogens is 188 g/mol. The second-order valence-corrected chi connectivity index (χ2v) is 4.49. The van der Waals surface area contributed by atoms with Gasteiger partial charge in [-0.3, -0.25) is 4.79 Å². The van der Waals surface area contributed by atoms with Crippen molar-refractivity contribution < 1.29 is 9.90 Å². The van der Waals surface area contributed by atoms with Gasteiger partial charge < -0.3 is 5.11 Å². The van der Waals surface area contributed by atoms with Crippen molar-refractivity contribution in [2.45, 2.75) is 20.8 Å². The Morgan fingerprint density at radius 2 is 1.73 bits per heavy atom. The van der Waals surface area contributed by atoms with E-state index in [1.807, 2.05) is 6.07 Å². The molecule has 0 unspecified atom stereocenters. The van der Waals surface area contributed by atoms with Crippen LogP contribution in [-0.4, -0.2) is 5.78 Å². The number of carbonyl (C=O) groups is 1. The second kappa shape index (κ2) is 4.30. The van der Waals surface area contributed by atoms with Crippen molar-refractivity contribution in [1.82, 2.24) is 0 Å². The van der Waals surface area contributed by atoms with Crippen molar-refractivity contribution in [3.8, 4) is 0 Å². The Hall–Kier alpha value is -1.57. The highest BCUT2D eigenvalue weighted by Crippen LogP contribution is 2.17. The summed E-state index contributed by atoms with van der Waals surface area (Å²) in [5.74, 6) is -0.369. The summed E-state index contributed by atoms with van der Waals surface area (Å²) in [6.45, 7) is 5.39. The standard InChI is InChI=1S/C13H16O2/c1-13(2,3)12(15)9-11(14)10-7-5-4-6-8-10/h4-9,14H,1-3H3/p-1. The largest absolute Gasteiger partial charge is 0.872 e. The Morgan fingerprint density at radius 3 is 2.20 bits per heavy atom. The van der Waals surface area contributed by atoms with E-state index < -0.39 is 5.41 Å². The maximum atomic E-state index is 11.6.